The highest BCUT2D eigenvalue weighted by Gasteiger charge is 2.56. The van der Waals surface area contributed by atoms with Gasteiger partial charge in [-0.3, -0.25) is 4.79 Å². The van der Waals surface area contributed by atoms with E-state index in [9.17, 15) is 28.2 Å². The molecule has 2 N–H and O–H groups in total. The second kappa shape index (κ2) is 5.92. The van der Waals surface area contributed by atoms with E-state index in [-0.39, 0.29) is 24.4 Å². The molecule has 4 rings (SSSR count). The van der Waals surface area contributed by atoms with Crippen molar-refractivity contribution in [2.24, 2.45) is 5.41 Å². The lowest BCUT2D eigenvalue weighted by atomic mass is 9.59. The topological polar surface area (TPSA) is 73.7 Å². The van der Waals surface area contributed by atoms with Gasteiger partial charge in [-0.2, -0.15) is 13.2 Å². The molecular formula is C18H21F3N2O3. The molecule has 1 aromatic rings. The van der Waals surface area contributed by atoms with E-state index >= 15 is 0 Å². The molecular weight excluding hydrogens is 349 g/mol. The molecule has 2 saturated carbocycles. The molecule has 2 aliphatic carbocycles. The normalized spacial score (nSPS) is 31.8. The van der Waals surface area contributed by atoms with Crippen LogP contribution in [0.5, 0.6) is 0 Å². The third kappa shape index (κ3) is 2.89. The first-order valence-corrected chi connectivity index (χ1v) is 8.95. The second-order valence-corrected chi connectivity index (χ2v) is 7.77. The Bertz CT molecular complexity index is 725. The highest BCUT2D eigenvalue weighted by molar-refractivity contribution is 5.94. The van der Waals surface area contributed by atoms with E-state index in [1.54, 1.807) is 0 Å². The summed E-state index contributed by atoms with van der Waals surface area (Å²) >= 11 is 0. The van der Waals surface area contributed by atoms with Gasteiger partial charge in [-0.05, 0) is 37.8 Å². The Morgan fingerprint density at radius 3 is 2.50 bits per heavy atom. The Kier molecular flexibility index (Phi) is 4.04. The van der Waals surface area contributed by atoms with E-state index in [2.05, 4.69) is 4.98 Å². The molecule has 1 aliphatic heterocycles. The van der Waals surface area contributed by atoms with Crippen molar-refractivity contribution in [3.63, 3.8) is 0 Å². The number of rotatable bonds is 2. The molecule has 2 unspecified atom stereocenters. The van der Waals surface area contributed by atoms with Crippen LogP contribution in [0.3, 0.4) is 0 Å². The highest BCUT2D eigenvalue weighted by atomic mass is 19.4. The molecule has 8 heteroatoms. The van der Waals surface area contributed by atoms with Crippen molar-refractivity contribution in [1.29, 1.82) is 0 Å². The lowest BCUT2D eigenvalue weighted by Crippen LogP contribution is -2.64. The average Bonchev–Trinajstić information content (AvgIpc) is 3.45. The number of hydrogen-bond donors (Lipinski definition) is 2. The maximum Gasteiger partial charge on any atom is 0.433 e. The lowest BCUT2D eigenvalue weighted by Gasteiger charge is -2.55. The summed E-state index contributed by atoms with van der Waals surface area (Å²) in [5.41, 5.74) is -1.48. The number of carbonyl (C=O) groups is 1. The number of nitrogens with zero attached hydrogens (tertiary/aromatic N) is 2. The maximum absolute atomic E-state index is 13.2. The van der Waals surface area contributed by atoms with Gasteiger partial charge in [0.2, 0.25) is 0 Å². The summed E-state index contributed by atoms with van der Waals surface area (Å²) in [6, 6.07) is 2.27. The lowest BCUT2D eigenvalue weighted by molar-refractivity contribution is -0.188. The van der Waals surface area contributed by atoms with E-state index in [4.69, 9.17) is 0 Å². The van der Waals surface area contributed by atoms with E-state index in [1.807, 2.05) is 0 Å². The van der Waals surface area contributed by atoms with Crippen molar-refractivity contribution in [2.75, 3.05) is 13.1 Å². The van der Waals surface area contributed by atoms with E-state index in [0.29, 0.717) is 25.1 Å². The zero-order valence-electron chi connectivity index (χ0n) is 14.2. The minimum Gasteiger partial charge on any atom is -0.392 e. The molecule has 5 nitrogen and oxygen atoms in total. The number of aromatic nitrogens is 1. The molecule has 2 heterocycles. The van der Waals surface area contributed by atoms with Gasteiger partial charge in [-0.25, -0.2) is 4.98 Å². The van der Waals surface area contributed by atoms with Crippen LogP contribution in [0.4, 0.5) is 13.2 Å². The number of piperidine rings is 1. The van der Waals surface area contributed by atoms with Crippen LogP contribution in [-0.4, -0.2) is 51.3 Å². The van der Waals surface area contributed by atoms with Gasteiger partial charge < -0.3 is 15.1 Å². The monoisotopic (exact) mass is 370 g/mol. The first-order valence-electron chi connectivity index (χ1n) is 8.95. The third-order valence-corrected chi connectivity index (χ3v) is 5.99. The summed E-state index contributed by atoms with van der Waals surface area (Å²) in [6.45, 7) is 0.569. The Labute approximate surface area is 148 Å². The van der Waals surface area contributed by atoms with Gasteiger partial charge in [0.15, 0.2) is 0 Å². The second-order valence-electron chi connectivity index (χ2n) is 7.77. The van der Waals surface area contributed by atoms with Gasteiger partial charge in [-0.15, -0.1) is 0 Å². The van der Waals surface area contributed by atoms with Crippen LogP contribution in [0.1, 0.15) is 59.8 Å². The Morgan fingerprint density at radius 1 is 1.23 bits per heavy atom. The Morgan fingerprint density at radius 2 is 1.92 bits per heavy atom. The van der Waals surface area contributed by atoms with Crippen LogP contribution in [0.15, 0.2) is 12.1 Å². The zero-order chi connectivity index (χ0) is 18.7. The number of likely N-dealkylation sites (tertiary alicyclic amines) is 1. The summed E-state index contributed by atoms with van der Waals surface area (Å²) in [5, 5.41) is 20.2. The fraction of sp³-hybridized carbons (Fsp3) is 0.667. The molecule has 3 fully saturated rings. The Hall–Kier alpha value is -1.67. The van der Waals surface area contributed by atoms with Gasteiger partial charge in [0.25, 0.3) is 5.91 Å². The number of alkyl halides is 3. The van der Waals surface area contributed by atoms with Crippen molar-refractivity contribution in [3.8, 4) is 0 Å². The fourth-order valence-electron chi connectivity index (χ4n) is 4.16. The Balaban J connectivity index is 1.62. The van der Waals surface area contributed by atoms with Crippen molar-refractivity contribution in [2.45, 2.75) is 56.4 Å². The van der Waals surface area contributed by atoms with Gasteiger partial charge in [0, 0.05) is 42.1 Å². The largest absolute Gasteiger partial charge is 0.433 e. The van der Waals surface area contributed by atoms with Crippen molar-refractivity contribution >= 4 is 5.91 Å². The molecule has 2 atom stereocenters. The quantitative estimate of drug-likeness (QED) is 0.838. The van der Waals surface area contributed by atoms with Crippen LogP contribution in [0, 0.1) is 5.41 Å². The first kappa shape index (κ1) is 17.7. The number of aliphatic hydroxyl groups excluding tert-OH is 2. The van der Waals surface area contributed by atoms with Crippen molar-refractivity contribution in [1.82, 2.24) is 9.88 Å². The number of halogens is 3. The number of hydrogen-bond acceptors (Lipinski definition) is 4. The molecule has 1 aromatic heterocycles. The number of carbonyl (C=O) groups excluding carboxylic acids is 1. The third-order valence-electron chi connectivity index (χ3n) is 5.99. The molecule has 1 saturated heterocycles. The molecule has 1 spiro atoms. The summed E-state index contributed by atoms with van der Waals surface area (Å²) in [6.07, 6.45) is -2.91. The van der Waals surface area contributed by atoms with Gasteiger partial charge in [-0.1, -0.05) is 0 Å². The number of pyridine rings is 1. The summed E-state index contributed by atoms with van der Waals surface area (Å²) in [5.74, 6) is -0.503. The predicted molar refractivity (Wildman–Crippen MR) is 85.4 cm³/mol. The van der Waals surface area contributed by atoms with Crippen LogP contribution in [0.25, 0.3) is 0 Å². The predicted octanol–water partition coefficient (Wildman–Crippen LogP) is 2.33. The zero-order valence-corrected chi connectivity index (χ0v) is 14.2. The minimum absolute atomic E-state index is 0.00757. The summed E-state index contributed by atoms with van der Waals surface area (Å²) < 4.78 is 39.5. The van der Waals surface area contributed by atoms with Crippen molar-refractivity contribution < 1.29 is 28.2 Å². The minimum atomic E-state index is -4.61. The van der Waals surface area contributed by atoms with E-state index in [0.717, 1.165) is 18.9 Å². The van der Waals surface area contributed by atoms with E-state index < -0.39 is 35.4 Å². The van der Waals surface area contributed by atoms with E-state index in [1.165, 1.54) is 11.0 Å². The molecule has 3 aliphatic rings. The van der Waals surface area contributed by atoms with Crippen LogP contribution in [0.2, 0.25) is 0 Å². The standard InChI is InChI=1S/C18H21F3N2O3/c19-18(20,21)13-7-11(6-12(22-13)10-2-3-10)16(26)23-5-1-4-17(9-23)14(24)8-15(17)25/h6-7,10,14-15,24-25H,1-5,8-9H2. The molecule has 0 bridgehead atoms. The van der Waals surface area contributed by atoms with Crippen LogP contribution < -0.4 is 0 Å². The highest BCUT2D eigenvalue weighted by Crippen LogP contribution is 2.48. The molecule has 1 amide bonds. The van der Waals surface area contributed by atoms with Gasteiger partial charge in [0.05, 0.1) is 12.2 Å². The summed E-state index contributed by atoms with van der Waals surface area (Å²) in [7, 11) is 0. The SMILES string of the molecule is O=C(c1cc(C2CC2)nc(C(F)(F)F)c1)N1CCCC2(C1)C(O)CC2O. The molecule has 0 aromatic carbocycles. The first-order chi connectivity index (χ1) is 12.2. The summed E-state index contributed by atoms with van der Waals surface area (Å²) in [4.78, 5) is 18.0. The molecule has 0 radical (unpaired) electrons. The van der Waals surface area contributed by atoms with Gasteiger partial charge >= 0.3 is 6.18 Å². The van der Waals surface area contributed by atoms with Crippen LogP contribution in [-0.2, 0) is 6.18 Å². The number of aliphatic hydroxyl groups is 2. The smallest absolute Gasteiger partial charge is 0.392 e. The van der Waals surface area contributed by atoms with Crippen LogP contribution >= 0.6 is 0 Å². The number of amides is 1. The molecule has 26 heavy (non-hydrogen) atoms. The average molecular weight is 370 g/mol. The van der Waals surface area contributed by atoms with Crippen molar-refractivity contribution in [3.05, 3.63) is 29.1 Å². The fourth-order valence-corrected chi connectivity index (χ4v) is 4.16. The van der Waals surface area contributed by atoms with Gasteiger partial charge in [0.1, 0.15) is 5.69 Å². The maximum atomic E-state index is 13.2. The molecule has 142 valence electrons.